The minimum absolute atomic E-state index is 0.430. The number of hydrogen-bond acceptors (Lipinski definition) is 2. The molecular weight excluding hydrogens is 198 g/mol. The summed E-state index contributed by atoms with van der Waals surface area (Å²) in [6.45, 7) is 9.71. The Morgan fingerprint density at radius 1 is 1.62 bits per heavy atom. The molecule has 1 rings (SSSR count). The van der Waals surface area contributed by atoms with E-state index in [9.17, 15) is 0 Å². The van der Waals surface area contributed by atoms with Gasteiger partial charge in [0, 0.05) is 24.3 Å². The van der Waals surface area contributed by atoms with Gasteiger partial charge in [-0.25, -0.2) is 0 Å². The molecule has 1 atom stereocenters. The van der Waals surface area contributed by atoms with Gasteiger partial charge in [0.1, 0.15) is 0 Å². The van der Waals surface area contributed by atoms with Crippen molar-refractivity contribution in [1.82, 2.24) is 15.1 Å². The zero-order valence-corrected chi connectivity index (χ0v) is 11.0. The highest BCUT2D eigenvalue weighted by Gasteiger charge is 2.05. The van der Waals surface area contributed by atoms with Gasteiger partial charge in [-0.05, 0) is 33.7 Å². The number of nitrogens with one attached hydrogen (secondary N) is 1. The molecule has 0 saturated carbocycles. The molecule has 90 valence electrons. The van der Waals surface area contributed by atoms with Gasteiger partial charge in [-0.15, -0.1) is 0 Å². The average molecular weight is 221 g/mol. The van der Waals surface area contributed by atoms with E-state index in [0.29, 0.717) is 6.04 Å². The van der Waals surface area contributed by atoms with Gasteiger partial charge in [0.05, 0.1) is 6.20 Å². The van der Waals surface area contributed by atoms with Crippen LogP contribution in [0.3, 0.4) is 0 Å². The van der Waals surface area contributed by atoms with Gasteiger partial charge in [0.15, 0.2) is 0 Å². The first-order chi connectivity index (χ1) is 7.56. The van der Waals surface area contributed by atoms with Crippen LogP contribution in [0.4, 0.5) is 0 Å². The number of rotatable bonds is 5. The molecule has 0 aliphatic heterocycles. The average Bonchev–Trinajstić information content (AvgIpc) is 2.57. The molecule has 1 aromatic rings. The molecule has 0 spiro atoms. The first-order valence-corrected chi connectivity index (χ1v) is 5.96. The second kappa shape index (κ2) is 5.85. The van der Waals surface area contributed by atoms with Crippen LogP contribution in [0.15, 0.2) is 11.8 Å². The fourth-order valence-corrected chi connectivity index (χ4v) is 1.55. The van der Waals surface area contributed by atoms with Crippen molar-refractivity contribution < 1.29 is 0 Å². The van der Waals surface area contributed by atoms with E-state index >= 15 is 0 Å². The lowest BCUT2D eigenvalue weighted by atomic mass is 10.1. The summed E-state index contributed by atoms with van der Waals surface area (Å²) >= 11 is 0. The molecule has 1 aromatic heterocycles. The van der Waals surface area contributed by atoms with Crippen molar-refractivity contribution in [2.75, 3.05) is 6.54 Å². The van der Waals surface area contributed by atoms with Crippen molar-refractivity contribution in [2.45, 2.75) is 40.2 Å². The standard InChI is InChI=1S/C13H23N3/c1-6-7-14-11(3)10(2)8-13-9-15-16(5)12(13)4/h8-9,11,14H,6-7H2,1-5H3. The predicted octanol–water partition coefficient (Wildman–Crippen LogP) is 2.52. The smallest absolute Gasteiger partial charge is 0.0564 e. The lowest BCUT2D eigenvalue weighted by molar-refractivity contribution is 0.604. The summed E-state index contributed by atoms with van der Waals surface area (Å²) in [5.74, 6) is 0. The summed E-state index contributed by atoms with van der Waals surface area (Å²) in [5.41, 5.74) is 3.77. The zero-order valence-electron chi connectivity index (χ0n) is 11.0. The molecule has 0 aliphatic rings. The van der Waals surface area contributed by atoms with E-state index in [-0.39, 0.29) is 0 Å². The van der Waals surface area contributed by atoms with Crippen LogP contribution in [0.5, 0.6) is 0 Å². The predicted molar refractivity (Wildman–Crippen MR) is 69.4 cm³/mol. The Morgan fingerprint density at radius 3 is 2.81 bits per heavy atom. The Labute approximate surface area is 98.5 Å². The van der Waals surface area contributed by atoms with Gasteiger partial charge >= 0.3 is 0 Å². The largest absolute Gasteiger partial charge is 0.311 e. The Balaban J connectivity index is 2.72. The van der Waals surface area contributed by atoms with Gasteiger partial charge in [-0.2, -0.15) is 5.10 Å². The lowest BCUT2D eigenvalue weighted by Crippen LogP contribution is -2.27. The molecule has 3 nitrogen and oxygen atoms in total. The monoisotopic (exact) mass is 221 g/mol. The van der Waals surface area contributed by atoms with Gasteiger partial charge in [-0.3, -0.25) is 4.68 Å². The number of aryl methyl sites for hydroxylation is 1. The quantitative estimate of drug-likeness (QED) is 0.828. The maximum atomic E-state index is 4.24. The van der Waals surface area contributed by atoms with Crippen molar-refractivity contribution >= 4 is 6.08 Å². The molecule has 1 unspecified atom stereocenters. The van der Waals surface area contributed by atoms with E-state index in [4.69, 9.17) is 0 Å². The highest BCUT2D eigenvalue weighted by atomic mass is 15.3. The molecule has 1 N–H and O–H groups in total. The molecule has 16 heavy (non-hydrogen) atoms. The molecule has 0 aliphatic carbocycles. The third-order valence-corrected chi connectivity index (χ3v) is 3.04. The SMILES string of the molecule is CCCNC(C)C(C)=Cc1cnn(C)c1C. The van der Waals surface area contributed by atoms with Gasteiger partial charge < -0.3 is 5.32 Å². The van der Waals surface area contributed by atoms with Crippen LogP contribution in [0, 0.1) is 6.92 Å². The summed E-state index contributed by atoms with van der Waals surface area (Å²) in [5, 5.41) is 7.73. The van der Waals surface area contributed by atoms with Crippen LogP contribution in [0.1, 0.15) is 38.4 Å². The summed E-state index contributed by atoms with van der Waals surface area (Å²) in [7, 11) is 1.97. The molecule has 0 bridgehead atoms. The van der Waals surface area contributed by atoms with Crippen molar-refractivity contribution in [3.8, 4) is 0 Å². The summed E-state index contributed by atoms with van der Waals surface area (Å²) in [6, 6.07) is 0.430. The molecule has 0 radical (unpaired) electrons. The van der Waals surface area contributed by atoms with E-state index in [0.717, 1.165) is 6.54 Å². The molecule has 3 heteroatoms. The van der Waals surface area contributed by atoms with Gasteiger partial charge in [0.25, 0.3) is 0 Å². The Morgan fingerprint density at radius 2 is 2.31 bits per heavy atom. The summed E-state index contributed by atoms with van der Waals surface area (Å²) in [4.78, 5) is 0. The van der Waals surface area contributed by atoms with E-state index in [1.165, 1.54) is 23.3 Å². The maximum Gasteiger partial charge on any atom is 0.0564 e. The highest BCUT2D eigenvalue weighted by Crippen LogP contribution is 2.12. The van der Waals surface area contributed by atoms with E-state index in [1.807, 2.05) is 17.9 Å². The van der Waals surface area contributed by atoms with Crippen molar-refractivity contribution in [3.05, 3.63) is 23.0 Å². The first-order valence-electron chi connectivity index (χ1n) is 5.96. The lowest BCUT2D eigenvalue weighted by Gasteiger charge is -2.13. The van der Waals surface area contributed by atoms with Crippen LogP contribution in [-0.4, -0.2) is 22.4 Å². The zero-order chi connectivity index (χ0) is 12.1. The second-order valence-corrected chi connectivity index (χ2v) is 4.37. The van der Waals surface area contributed by atoms with E-state index in [1.54, 1.807) is 0 Å². The molecule has 0 aromatic carbocycles. The molecule has 0 saturated heterocycles. The molecular formula is C13H23N3. The van der Waals surface area contributed by atoms with Crippen LogP contribution >= 0.6 is 0 Å². The van der Waals surface area contributed by atoms with E-state index in [2.05, 4.69) is 44.2 Å². The van der Waals surface area contributed by atoms with Crippen LogP contribution in [-0.2, 0) is 7.05 Å². The Hall–Kier alpha value is -1.09. The molecule has 1 heterocycles. The molecule has 0 amide bonds. The number of hydrogen-bond donors (Lipinski definition) is 1. The Kier molecular flexibility index (Phi) is 4.74. The molecule has 0 fully saturated rings. The van der Waals surface area contributed by atoms with Crippen molar-refractivity contribution in [1.29, 1.82) is 0 Å². The van der Waals surface area contributed by atoms with Crippen molar-refractivity contribution in [2.24, 2.45) is 7.05 Å². The minimum atomic E-state index is 0.430. The third kappa shape index (κ3) is 3.20. The normalized spacial score (nSPS) is 14.2. The summed E-state index contributed by atoms with van der Waals surface area (Å²) < 4.78 is 1.91. The number of aromatic nitrogens is 2. The van der Waals surface area contributed by atoms with Crippen molar-refractivity contribution in [3.63, 3.8) is 0 Å². The fourth-order valence-electron chi connectivity index (χ4n) is 1.55. The minimum Gasteiger partial charge on any atom is -0.311 e. The topological polar surface area (TPSA) is 29.9 Å². The van der Waals surface area contributed by atoms with E-state index < -0.39 is 0 Å². The fraction of sp³-hybridized carbons (Fsp3) is 0.615. The third-order valence-electron chi connectivity index (χ3n) is 3.04. The van der Waals surface area contributed by atoms with Crippen LogP contribution < -0.4 is 5.32 Å². The van der Waals surface area contributed by atoms with Crippen LogP contribution in [0.25, 0.3) is 6.08 Å². The Bertz CT molecular complexity index is 363. The highest BCUT2D eigenvalue weighted by molar-refractivity contribution is 5.54. The maximum absolute atomic E-state index is 4.24. The van der Waals surface area contributed by atoms with Gasteiger partial charge in [-0.1, -0.05) is 18.6 Å². The summed E-state index contributed by atoms with van der Waals surface area (Å²) in [6.07, 6.45) is 5.31. The first kappa shape index (κ1) is 13.0. The number of nitrogens with zero attached hydrogens (tertiary/aromatic N) is 2. The van der Waals surface area contributed by atoms with Crippen LogP contribution in [0.2, 0.25) is 0 Å². The second-order valence-electron chi connectivity index (χ2n) is 4.37. The van der Waals surface area contributed by atoms with Gasteiger partial charge in [0.2, 0.25) is 0 Å².